The van der Waals surface area contributed by atoms with Crippen molar-refractivity contribution in [3.63, 3.8) is 0 Å². The second-order valence-corrected chi connectivity index (χ2v) is 9.36. The predicted octanol–water partition coefficient (Wildman–Crippen LogP) is 4.45. The van der Waals surface area contributed by atoms with Gasteiger partial charge in [0.2, 0.25) is 5.91 Å². The maximum absolute atomic E-state index is 13.4. The summed E-state index contributed by atoms with van der Waals surface area (Å²) >= 11 is 7.27. The van der Waals surface area contributed by atoms with Gasteiger partial charge in [-0.3, -0.25) is 14.5 Å². The number of thiocarbonyl (C=S) groups is 1. The first kappa shape index (κ1) is 24.6. The van der Waals surface area contributed by atoms with Crippen molar-refractivity contribution < 1.29 is 19.1 Å². The molecular formula is C26H25N3O4S2. The summed E-state index contributed by atoms with van der Waals surface area (Å²) in [6.45, 7) is 2.84. The molecule has 180 valence electrons. The lowest BCUT2D eigenvalue weighted by Gasteiger charge is -2.23. The van der Waals surface area contributed by atoms with Crippen LogP contribution in [0.3, 0.4) is 0 Å². The molecule has 35 heavy (non-hydrogen) atoms. The van der Waals surface area contributed by atoms with E-state index in [2.05, 4.69) is 5.32 Å². The van der Waals surface area contributed by atoms with Gasteiger partial charge < -0.3 is 15.0 Å². The third kappa shape index (κ3) is 5.93. The minimum Gasteiger partial charge on any atom is -0.462 e. The number of benzene rings is 2. The summed E-state index contributed by atoms with van der Waals surface area (Å²) in [5.41, 5.74) is 1.90. The number of anilines is 1. The average molecular weight is 508 g/mol. The van der Waals surface area contributed by atoms with Crippen LogP contribution < -0.4 is 5.32 Å². The molecule has 3 aromatic rings. The molecule has 0 radical (unpaired) electrons. The summed E-state index contributed by atoms with van der Waals surface area (Å²) in [6, 6.07) is 19.3. The van der Waals surface area contributed by atoms with Crippen molar-refractivity contribution >= 4 is 52.1 Å². The van der Waals surface area contributed by atoms with Crippen molar-refractivity contribution in [3.05, 3.63) is 88.1 Å². The molecule has 4 rings (SSSR count). The van der Waals surface area contributed by atoms with Gasteiger partial charge in [0, 0.05) is 10.6 Å². The van der Waals surface area contributed by atoms with Crippen molar-refractivity contribution in [1.82, 2.24) is 9.80 Å². The van der Waals surface area contributed by atoms with Gasteiger partial charge in [0.15, 0.2) is 5.11 Å². The molecule has 1 aliphatic heterocycles. The van der Waals surface area contributed by atoms with E-state index in [0.717, 1.165) is 10.4 Å². The number of hydrogen-bond donors (Lipinski definition) is 1. The summed E-state index contributed by atoms with van der Waals surface area (Å²) in [5.74, 6) is -0.922. The molecule has 2 heterocycles. The van der Waals surface area contributed by atoms with Crippen molar-refractivity contribution in [2.45, 2.75) is 32.5 Å². The van der Waals surface area contributed by atoms with E-state index in [4.69, 9.17) is 17.0 Å². The highest BCUT2D eigenvalue weighted by Crippen LogP contribution is 2.27. The van der Waals surface area contributed by atoms with Gasteiger partial charge in [-0.05, 0) is 60.4 Å². The van der Waals surface area contributed by atoms with Crippen molar-refractivity contribution in [2.75, 3.05) is 11.9 Å². The number of carbonyl (C=O) groups excluding carboxylic acids is 3. The number of nitrogens with zero attached hydrogens (tertiary/aromatic N) is 2. The smallest absolute Gasteiger partial charge is 0.338 e. The van der Waals surface area contributed by atoms with E-state index in [9.17, 15) is 14.4 Å². The summed E-state index contributed by atoms with van der Waals surface area (Å²) < 4.78 is 4.98. The number of esters is 1. The molecule has 1 N–H and O–H groups in total. The first-order valence-corrected chi connectivity index (χ1v) is 12.5. The van der Waals surface area contributed by atoms with Crippen LogP contribution in [0.1, 0.15) is 34.1 Å². The van der Waals surface area contributed by atoms with Crippen molar-refractivity contribution in [1.29, 1.82) is 0 Å². The Hall–Kier alpha value is -3.56. The third-order valence-electron chi connectivity index (χ3n) is 5.55. The first-order chi connectivity index (χ1) is 17.0. The van der Waals surface area contributed by atoms with Gasteiger partial charge in [0.1, 0.15) is 6.04 Å². The minimum atomic E-state index is -0.702. The fourth-order valence-corrected chi connectivity index (χ4v) is 4.89. The monoisotopic (exact) mass is 507 g/mol. The molecule has 1 atom stereocenters. The summed E-state index contributed by atoms with van der Waals surface area (Å²) in [7, 11) is 0. The molecule has 9 heteroatoms. The van der Waals surface area contributed by atoms with Gasteiger partial charge in [-0.25, -0.2) is 4.79 Å². The number of thiophene rings is 1. The molecule has 2 aromatic carbocycles. The highest BCUT2D eigenvalue weighted by atomic mass is 32.1. The quantitative estimate of drug-likeness (QED) is 0.341. The van der Waals surface area contributed by atoms with E-state index in [1.165, 1.54) is 0 Å². The molecule has 2 amide bonds. The zero-order valence-electron chi connectivity index (χ0n) is 19.2. The SMILES string of the molecule is CCOC(=O)c1ccc(NC(=O)CC2C(=O)N(Cc3ccccc3)C(=S)N2Cc2cccs2)cc1. The molecule has 0 aliphatic carbocycles. The molecule has 1 saturated heterocycles. The zero-order valence-corrected chi connectivity index (χ0v) is 20.8. The normalized spacial score (nSPS) is 15.4. The van der Waals surface area contributed by atoms with Gasteiger partial charge in [-0.1, -0.05) is 36.4 Å². The largest absolute Gasteiger partial charge is 0.462 e. The average Bonchev–Trinajstić information content (AvgIpc) is 3.45. The first-order valence-electron chi connectivity index (χ1n) is 11.2. The zero-order chi connectivity index (χ0) is 24.8. The van der Waals surface area contributed by atoms with Crippen LogP contribution in [0.4, 0.5) is 5.69 Å². The Labute approximate surface area is 213 Å². The van der Waals surface area contributed by atoms with E-state index in [1.807, 2.05) is 52.7 Å². The van der Waals surface area contributed by atoms with Gasteiger partial charge in [-0.2, -0.15) is 0 Å². The van der Waals surface area contributed by atoms with Crippen LogP contribution in [0.15, 0.2) is 72.1 Å². The second-order valence-electron chi connectivity index (χ2n) is 7.97. The standard InChI is InChI=1S/C26H25N3O4S2/c1-2-33-25(32)19-10-12-20(13-11-19)27-23(30)15-22-24(31)29(16-18-7-4-3-5-8-18)26(34)28(22)17-21-9-6-14-35-21/h3-14,22H,2,15-17H2,1H3,(H,27,30). The Kier molecular flexibility index (Phi) is 7.89. The highest BCUT2D eigenvalue weighted by Gasteiger charge is 2.43. The lowest BCUT2D eigenvalue weighted by Crippen LogP contribution is -2.37. The maximum Gasteiger partial charge on any atom is 0.338 e. The fraction of sp³-hybridized carbons (Fsp3) is 0.231. The Morgan fingerprint density at radius 1 is 1.03 bits per heavy atom. The number of amides is 2. The van der Waals surface area contributed by atoms with E-state index >= 15 is 0 Å². The molecular weight excluding hydrogens is 482 g/mol. The Balaban J connectivity index is 1.48. The van der Waals surface area contributed by atoms with Gasteiger partial charge in [-0.15, -0.1) is 11.3 Å². The molecule has 1 aromatic heterocycles. The van der Waals surface area contributed by atoms with Gasteiger partial charge in [0.05, 0.1) is 31.7 Å². The second kappa shape index (κ2) is 11.2. The number of carbonyl (C=O) groups is 3. The topological polar surface area (TPSA) is 78.9 Å². The Bertz CT molecular complexity index is 1200. The lowest BCUT2D eigenvalue weighted by atomic mass is 10.1. The van der Waals surface area contributed by atoms with E-state index in [-0.39, 0.29) is 24.8 Å². The Morgan fingerprint density at radius 2 is 1.77 bits per heavy atom. The molecule has 0 spiro atoms. The molecule has 0 saturated carbocycles. The third-order valence-corrected chi connectivity index (χ3v) is 6.87. The van der Waals surface area contributed by atoms with Crippen LogP contribution in [0.2, 0.25) is 0 Å². The van der Waals surface area contributed by atoms with Crippen LogP contribution in [0.5, 0.6) is 0 Å². The van der Waals surface area contributed by atoms with Crippen LogP contribution in [0, 0.1) is 0 Å². The maximum atomic E-state index is 13.4. The Morgan fingerprint density at radius 3 is 2.43 bits per heavy atom. The van der Waals surface area contributed by atoms with E-state index < -0.39 is 12.0 Å². The summed E-state index contributed by atoms with van der Waals surface area (Å²) in [6.07, 6.45) is -0.0464. The van der Waals surface area contributed by atoms with Gasteiger partial charge >= 0.3 is 5.97 Å². The fourth-order valence-electron chi connectivity index (χ4n) is 3.84. The molecule has 1 fully saturated rings. The van der Waals surface area contributed by atoms with Crippen molar-refractivity contribution in [3.8, 4) is 0 Å². The van der Waals surface area contributed by atoms with E-state index in [1.54, 1.807) is 47.4 Å². The molecule has 1 aliphatic rings. The number of rotatable bonds is 9. The van der Waals surface area contributed by atoms with Crippen LogP contribution in [-0.4, -0.2) is 45.3 Å². The van der Waals surface area contributed by atoms with E-state index in [0.29, 0.717) is 29.5 Å². The highest BCUT2D eigenvalue weighted by molar-refractivity contribution is 7.80. The van der Waals surface area contributed by atoms with Crippen molar-refractivity contribution in [2.24, 2.45) is 0 Å². The lowest BCUT2D eigenvalue weighted by molar-refractivity contribution is -0.131. The van der Waals surface area contributed by atoms with Gasteiger partial charge in [0.25, 0.3) is 5.91 Å². The van der Waals surface area contributed by atoms with Crippen LogP contribution in [-0.2, 0) is 27.4 Å². The molecule has 7 nitrogen and oxygen atoms in total. The summed E-state index contributed by atoms with van der Waals surface area (Å²) in [5, 5.41) is 5.21. The van der Waals surface area contributed by atoms with Crippen LogP contribution in [0.25, 0.3) is 0 Å². The molecule has 1 unspecified atom stereocenters. The minimum absolute atomic E-state index is 0.0464. The predicted molar refractivity (Wildman–Crippen MR) is 139 cm³/mol. The number of nitrogens with one attached hydrogen (secondary N) is 1. The number of hydrogen-bond acceptors (Lipinski definition) is 6. The molecule has 0 bridgehead atoms. The van der Waals surface area contributed by atoms with Crippen LogP contribution >= 0.6 is 23.6 Å². The summed E-state index contributed by atoms with van der Waals surface area (Å²) in [4.78, 5) is 42.6. The number of ether oxygens (including phenoxy) is 1.